The number of benzene rings is 1. The molecular weight excluding hydrogens is 260 g/mol. The molecule has 0 spiro atoms. The Bertz CT molecular complexity index is 535. The summed E-state index contributed by atoms with van der Waals surface area (Å²) >= 11 is 0. The molecule has 0 amide bonds. The zero-order chi connectivity index (χ0) is 15.8. The van der Waals surface area contributed by atoms with Gasteiger partial charge in [0.05, 0.1) is 0 Å². The molecule has 0 fully saturated rings. The molecule has 1 rings (SSSR count). The summed E-state index contributed by atoms with van der Waals surface area (Å²) in [4.78, 5) is 10.3. The van der Waals surface area contributed by atoms with Gasteiger partial charge in [0, 0.05) is 6.08 Å². The molecular formula is C19H24O2. The molecule has 2 heteroatoms. The molecule has 0 aliphatic rings. The number of allylic oxidation sites excluding steroid dienone is 4. The number of carbonyl (C=O) groups is 1. The number of carboxylic acids is 1. The maximum absolute atomic E-state index is 10.3. The minimum atomic E-state index is -0.935. The van der Waals surface area contributed by atoms with Crippen LogP contribution in [0.1, 0.15) is 56.2 Å². The van der Waals surface area contributed by atoms with Gasteiger partial charge in [-0.2, -0.15) is 0 Å². The van der Waals surface area contributed by atoms with Gasteiger partial charge in [0.25, 0.3) is 0 Å². The summed E-state index contributed by atoms with van der Waals surface area (Å²) in [6.07, 6.45) is 10.1. The van der Waals surface area contributed by atoms with Crippen molar-refractivity contribution in [2.75, 3.05) is 0 Å². The minimum absolute atomic E-state index is 0.505. The second-order valence-electron chi connectivity index (χ2n) is 5.68. The topological polar surface area (TPSA) is 37.3 Å². The third-order valence-electron chi connectivity index (χ3n) is 3.19. The lowest BCUT2D eigenvalue weighted by Crippen LogP contribution is -1.94. The first kappa shape index (κ1) is 17.0. The van der Waals surface area contributed by atoms with E-state index in [0.29, 0.717) is 11.8 Å². The molecule has 0 aliphatic carbocycles. The predicted molar refractivity (Wildman–Crippen MR) is 89.6 cm³/mol. The smallest absolute Gasteiger partial charge is 0.328 e. The van der Waals surface area contributed by atoms with Gasteiger partial charge >= 0.3 is 5.97 Å². The monoisotopic (exact) mass is 284 g/mol. The van der Waals surface area contributed by atoms with Crippen LogP contribution in [0.5, 0.6) is 0 Å². The van der Waals surface area contributed by atoms with Crippen LogP contribution in [0.25, 0.3) is 6.08 Å². The largest absolute Gasteiger partial charge is 0.478 e. The molecule has 1 N–H and O–H groups in total. The van der Waals surface area contributed by atoms with E-state index in [1.54, 1.807) is 6.08 Å². The first-order valence-electron chi connectivity index (χ1n) is 7.29. The SMILES string of the molecule is CC(C)c1cc(C=CC=CC=CC(=O)O)cc(C(C)C)c1. The van der Waals surface area contributed by atoms with Crippen LogP contribution in [0.2, 0.25) is 0 Å². The van der Waals surface area contributed by atoms with Crippen LogP contribution < -0.4 is 0 Å². The van der Waals surface area contributed by atoms with E-state index in [1.807, 2.05) is 18.2 Å². The zero-order valence-corrected chi connectivity index (χ0v) is 13.2. The van der Waals surface area contributed by atoms with Crippen LogP contribution in [0.3, 0.4) is 0 Å². The van der Waals surface area contributed by atoms with Crippen molar-refractivity contribution >= 4 is 12.0 Å². The number of hydrogen-bond acceptors (Lipinski definition) is 1. The second-order valence-corrected chi connectivity index (χ2v) is 5.68. The Hall–Kier alpha value is -2.09. The van der Waals surface area contributed by atoms with E-state index in [4.69, 9.17) is 5.11 Å². The average molecular weight is 284 g/mol. The van der Waals surface area contributed by atoms with Gasteiger partial charge in [-0.25, -0.2) is 4.79 Å². The van der Waals surface area contributed by atoms with E-state index in [-0.39, 0.29) is 0 Å². The van der Waals surface area contributed by atoms with Gasteiger partial charge < -0.3 is 5.11 Å². The standard InChI is InChI=1S/C19H24O2/c1-14(2)17-11-16(12-18(13-17)15(3)4)9-7-5-6-8-10-19(20)21/h5-15H,1-4H3,(H,20,21). The molecule has 21 heavy (non-hydrogen) atoms. The third-order valence-corrected chi connectivity index (χ3v) is 3.19. The van der Waals surface area contributed by atoms with Crippen LogP contribution in [0.4, 0.5) is 0 Å². The van der Waals surface area contributed by atoms with Crippen molar-refractivity contribution in [3.05, 3.63) is 65.3 Å². The first-order chi connectivity index (χ1) is 9.90. The summed E-state index contributed by atoms with van der Waals surface area (Å²) in [5.41, 5.74) is 3.86. The molecule has 0 saturated carbocycles. The van der Waals surface area contributed by atoms with Crippen molar-refractivity contribution in [2.45, 2.75) is 39.5 Å². The molecule has 0 heterocycles. The van der Waals surface area contributed by atoms with Crippen molar-refractivity contribution in [1.29, 1.82) is 0 Å². The van der Waals surface area contributed by atoms with Crippen molar-refractivity contribution in [3.63, 3.8) is 0 Å². The Balaban J connectivity index is 2.89. The molecule has 0 unspecified atom stereocenters. The lowest BCUT2D eigenvalue weighted by molar-refractivity contribution is -0.131. The first-order valence-corrected chi connectivity index (χ1v) is 7.29. The number of rotatable bonds is 6. The highest BCUT2D eigenvalue weighted by Gasteiger charge is 2.05. The highest BCUT2D eigenvalue weighted by Crippen LogP contribution is 2.24. The fourth-order valence-electron chi connectivity index (χ4n) is 1.90. The van der Waals surface area contributed by atoms with Crippen molar-refractivity contribution < 1.29 is 9.90 Å². The normalized spacial score (nSPS) is 12.5. The zero-order valence-electron chi connectivity index (χ0n) is 13.2. The van der Waals surface area contributed by atoms with E-state index < -0.39 is 5.97 Å². The maximum Gasteiger partial charge on any atom is 0.328 e. The van der Waals surface area contributed by atoms with Gasteiger partial charge in [-0.3, -0.25) is 0 Å². The van der Waals surface area contributed by atoms with Gasteiger partial charge in [0.2, 0.25) is 0 Å². The van der Waals surface area contributed by atoms with Gasteiger partial charge in [0.15, 0.2) is 0 Å². The Morgan fingerprint density at radius 3 is 1.90 bits per heavy atom. The van der Waals surface area contributed by atoms with Crippen molar-refractivity contribution in [1.82, 2.24) is 0 Å². The highest BCUT2D eigenvalue weighted by molar-refractivity contribution is 5.80. The molecule has 2 nitrogen and oxygen atoms in total. The van der Waals surface area contributed by atoms with E-state index >= 15 is 0 Å². The lowest BCUT2D eigenvalue weighted by atomic mass is 9.93. The number of hydrogen-bond donors (Lipinski definition) is 1. The summed E-state index contributed by atoms with van der Waals surface area (Å²) in [5, 5.41) is 8.47. The van der Waals surface area contributed by atoms with Crippen LogP contribution >= 0.6 is 0 Å². The average Bonchev–Trinajstić information content (AvgIpc) is 2.41. The molecule has 0 atom stereocenters. The van der Waals surface area contributed by atoms with E-state index in [1.165, 1.54) is 22.8 Å². The minimum Gasteiger partial charge on any atom is -0.478 e. The van der Waals surface area contributed by atoms with Crippen LogP contribution in [0, 0.1) is 0 Å². The molecule has 0 aromatic heterocycles. The van der Waals surface area contributed by atoms with Gasteiger partial charge in [-0.1, -0.05) is 76.3 Å². The molecule has 0 bridgehead atoms. The maximum atomic E-state index is 10.3. The second kappa shape index (κ2) is 8.25. The quantitative estimate of drug-likeness (QED) is 0.580. The summed E-state index contributed by atoms with van der Waals surface area (Å²) in [5.74, 6) is 0.0737. The summed E-state index contributed by atoms with van der Waals surface area (Å²) in [6.45, 7) is 8.79. The van der Waals surface area contributed by atoms with Crippen LogP contribution in [0.15, 0.2) is 48.6 Å². The van der Waals surface area contributed by atoms with Crippen LogP contribution in [-0.4, -0.2) is 11.1 Å². The van der Waals surface area contributed by atoms with Crippen LogP contribution in [-0.2, 0) is 4.79 Å². The van der Waals surface area contributed by atoms with Crippen molar-refractivity contribution in [2.24, 2.45) is 0 Å². The third kappa shape index (κ3) is 6.26. The summed E-state index contributed by atoms with van der Waals surface area (Å²) < 4.78 is 0. The highest BCUT2D eigenvalue weighted by atomic mass is 16.4. The fraction of sp³-hybridized carbons (Fsp3) is 0.316. The Kier molecular flexibility index (Phi) is 6.67. The number of aliphatic carboxylic acids is 1. The Morgan fingerprint density at radius 2 is 1.43 bits per heavy atom. The molecule has 1 aromatic rings. The number of carboxylic acid groups (broad SMARTS) is 1. The van der Waals surface area contributed by atoms with E-state index in [2.05, 4.69) is 45.9 Å². The molecule has 0 saturated heterocycles. The fourth-order valence-corrected chi connectivity index (χ4v) is 1.90. The lowest BCUT2D eigenvalue weighted by Gasteiger charge is -2.12. The van der Waals surface area contributed by atoms with Gasteiger partial charge in [-0.05, 0) is 28.5 Å². The molecule has 0 radical (unpaired) electrons. The summed E-state index contributed by atoms with van der Waals surface area (Å²) in [6, 6.07) is 6.68. The van der Waals surface area contributed by atoms with Gasteiger partial charge in [-0.15, -0.1) is 0 Å². The predicted octanol–water partition coefficient (Wildman–Crippen LogP) is 5.14. The Labute approximate surface area is 127 Å². The van der Waals surface area contributed by atoms with Gasteiger partial charge in [0.1, 0.15) is 0 Å². The van der Waals surface area contributed by atoms with Crippen molar-refractivity contribution in [3.8, 4) is 0 Å². The molecule has 1 aromatic carbocycles. The summed E-state index contributed by atoms with van der Waals surface area (Å²) in [7, 11) is 0. The Morgan fingerprint density at radius 1 is 0.905 bits per heavy atom. The molecule has 112 valence electrons. The molecule has 0 aliphatic heterocycles. The van der Waals surface area contributed by atoms with E-state index in [9.17, 15) is 4.79 Å². The van der Waals surface area contributed by atoms with E-state index in [0.717, 1.165) is 6.08 Å².